The van der Waals surface area contributed by atoms with Gasteiger partial charge in [-0.05, 0) is 29.8 Å². The number of hydrogen-bond donors (Lipinski definition) is 1. The van der Waals surface area contributed by atoms with Crippen molar-refractivity contribution in [3.63, 3.8) is 0 Å². The molecule has 0 radical (unpaired) electrons. The third-order valence-corrected chi connectivity index (χ3v) is 4.39. The lowest BCUT2D eigenvalue weighted by molar-refractivity contribution is -0.385. The number of carbonyl (C=O) groups excluding carboxylic acids is 1. The molecule has 0 bridgehead atoms. The number of amides is 1. The van der Waals surface area contributed by atoms with Gasteiger partial charge in [-0.25, -0.2) is 0 Å². The van der Waals surface area contributed by atoms with Gasteiger partial charge in [-0.3, -0.25) is 24.3 Å². The van der Waals surface area contributed by atoms with Crippen molar-refractivity contribution >= 4 is 28.9 Å². The fourth-order valence-corrected chi connectivity index (χ4v) is 3.02. The molecular weight excluding hydrogens is 412 g/mol. The van der Waals surface area contributed by atoms with E-state index in [0.717, 1.165) is 11.8 Å². The SMILES string of the molecule is O=C(Nc1cnn(Cc2cccc(Cl)c2)c1)c1ccc(Cn2cc([N+](=O)[O-])cn2)o1. The smallest absolute Gasteiger partial charge is 0.307 e. The summed E-state index contributed by atoms with van der Waals surface area (Å²) in [6, 6.07) is 10.6. The number of carbonyl (C=O) groups is 1. The Morgan fingerprint density at radius 2 is 1.93 bits per heavy atom. The summed E-state index contributed by atoms with van der Waals surface area (Å²) in [6.07, 6.45) is 5.68. The highest BCUT2D eigenvalue weighted by molar-refractivity contribution is 6.30. The van der Waals surface area contributed by atoms with Gasteiger partial charge in [0.15, 0.2) is 5.76 Å². The molecule has 3 heterocycles. The quantitative estimate of drug-likeness (QED) is 0.356. The molecular formula is C19H15ClN6O4. The van der Waals surface area contributed by atoms with E-state index < -0.39 is 10.8 Å². The zero-order valence-electron chi connectivity index (χ0n) is 15.4. The number of rotatable bonds is 7. The maximum absolute atomic E-state index is 12.4. The normalized spacial score (nSPS) is 10.8. The standard InChI is InChI=1S/C19H15ClN6O4/c20-14-3-1-2-13(6-14)9-24-10-15(7-21-24)23-19(27)18-5-4-17(30-18)12-25-11-16(8-22-25)26(28)29/h1-8,10-11H,9,12H2,(H,23,27). The molecule has 10 nitrogen and oxygen atoms in total. The van der Waals surface area contributed by atoms with Crippen LogP contribution < -0.4 is 5.32 Å². The molecule has 1 aromatic carbocycles. The number of hydrogen-bond acceptors (Lipinski definition) is 6. The molecule has 0 atom stereocenters. The zero-order chi connectivity index (χ0) is 21.1. The van der Waals surface area contributed by atoms with Gasteiger partial charge in [0, 0.05) is 11.2 Å². The van der Waals surface area contributed by atoms with E-state index in [0.29, 0.717) is 23.0 Å². The second kappa shape index (κ2) is 8.21. The Morgan fingerprint density at radius 1 is 1.13 bits per heavy atom. The third kappa shape index (κ3) is 4.55. The van der Waals surface area contributed by atoms with E-state index in [-0.39, 0.29) is 18.0 Å². The van der Waals surface area contributed by atoms with Crippen LogP contribution in [0.3, 0.4) is 0 Å². The Kier molecular flexibility index (Phi) is 5.31. The monoisotopic (exact) mass is 426 g/mol. The molecule has 0 aliphatic rings. The largest absolute Gasteiger partial charge is 0.454 e. The lowest BCUT2D eigenvalue weighted by Crippen LogP contribution is -2.10. The summed E-state index contributed by atoms with van der Waals surface area (Å²) >= 11 is 5.99. The summed E-state index contributed by atoms with van der Waals surface area (Å²) in [5, 5.41) is 22.2. The number of nitro groups is 1. The van der Waals surface area contributed by atoms with Crippen LogP contribution in [-0.4, -0.2) is 30.4 Å². The molecule has 30 heavy (non-hydrogen) atoms. The van der Waals surface area contributed by atoms with Crippen LogP contribution in [0.4, 0.5) is 11.4 Å². The highest BCUT2D eigenvalue weighted by Crippen LogP contribution is 2.16. The molecule has 152 valence electrons. The maximum Gasteiger partial charge on any atom is 0.307 e. The van der Waals surface area contributed by atoms with Crippen LogP contribution in [-0.2, 0) is 13.1 Å². The fourth-order valence-electron chi connectivity index (χ4n) is 2.81. The van der Waals surface area contributed by atoms with Crippen LogP contribution in [0.15, 0.2) is 65.6 Å². The van der Waals surface area contributed by atoms with Gasteiger partial charge in [-0.1, -0.05) is 23.7 Å². The highest BCUT2D eigenvalue weighted by Gasteiger charge is 2.14. The van der Waals surface area contributed by atoms with Crippen molar-refractivity contribution in [1.29, 1.82) is 0 Å². The van der Waals surface area contributed by atoms with E-state index in [1.165, 1.54) is 23.1 Å². The van der Waals surface area contributed by atoms with E-state index in [1.807, 2.05) is 18.2 Å². The van der Waals surface area contributed by atoms with E-state index in [4.69, 9.17) is 16.0 Å². The summed E-state index contributed by atoms with van der Waals surface area (Å²) < 4.78 is 8.56. The first-order chi connectivity index (χ1) is 14.5. The summed E-state index contributed by atoms with van der Waals surface area (Å²) in [6.45, 7) is 0.677. The van der Waals surface area contributed by atoms with Crippen molar-refractivity contribution in [2.24, 2.45) is 0 Å². The van der Waals surface area contributed by atoms with Crippen LogP contribution in [0.1, 0.15) is 21.9 Å². The molecule has 0 fully saturated rings. The van der Waals surface area contributed by atoms with E-state index in [2.05, 4.69) is 15.5 Å². The van der Waals surface area contributed by atoms with Crippen LogP contribution in [0.25, 0.3) is 0 Å². The van der Waals surface area contributed by atoms with Gasteiger partial charge in [0.1, 0.15) is 18.2 Å². The lowest BCUT2D eigenvalue weighted by atomic mass is 10.2. The first-order valence-corrected chi connectivity index (χ1v) is 9.18. The molecule has 0 aliphatic carbocycles. The summed E-state index contributed by atoms with van der Waals surface area (Å²) in [7, 11) is 0. The van der Waals surface area contributed by atoms with Crippen molar-refractivity contribution in [2.75, 3.05) is 5.32 Å². The molecule has 4 rings (SSSR count). The molecule has 1 amide bonds. The Morgan fingerprint density at radius 3 is 2.70 bits per heavy atom. The van der Waals surface area contributed by atoms with Gasteiger partial charge in [-0.2, -0.15) is 10.2 Å². The summed E-state index contributed by atoms with van der Waals surface area (Å²) in [5.74, 6) is 0.110. The number of aromatic nitrogens is 4. The van der Waals surface area contributed by atoms with Gasteiger partial charge in [0.25, 0.3) is 5.91 Å². The van der Waals surface area contributed by atoms with Gasteiger partial charge in [0.2, 0.25) is 0 Å². The molecule has 3 aromatic heterocycles. The summed E-state index contributed by atoms with van der Waals surface area (Å²) in [4.78, 5) is 22.6. The molecule has 11 heteroatoms. The molecule has 0 aliphatic heterocycles. The maximum atomic E-state index is 12.4. The van der Waals surface area contributed by atoms with Gasteiger partial charge < -0.3 is 9.73 Å². The number of nitrogens with one attached hydrogen (secondary N) is 1. The van der Waals surface area contributed by atoms with E-state index in [9.17, 15) is 14.9 Å². The average Bonchev–Trinajstić information content (AvgIpc) is 3.44. The minimum Gasteiger partial charge on any atom is -0.454 e. The molecule has 1 N–H and O–H groups in total. The predicted molar refractivity (Wildman–Crippen MR) is 107 cm³/mol. The average molecular weight is 427 g/mol. The van der Waals surface area contributed by atoms with Gasteiger partial charge in [0.05, 0.1) is 29.9 Å². The Labute approximate surface area is 174 Å². The fraction of sp³-hybridized carbons (Fsp3) is 0.105. The number of furan rings is 1. The molecule has 0 saturated heterocycles. The van der Waals surface area contributed by atoms with Crippen LogP contribution in [0.5, 0.6) is 0 Å². The van der Waals surface area contributed by atoms with Crippen molar-refractivity contribution < 1.29 is 14.1 Å². The van der Waals surface area contributed by atoms with Crippen molar-refractivity contribution in [2.45, 2.75) is 13.1 Å². The number of halogens is 1. The van der Waals surface area contributed by atoms with Gasteiger partial charge >= 0.3 is 5.69 Å². The molecule has 0 unspecified atom stereocenters. The van der Waals surface area contributed by atoms with Crippen LogP contribution in [0.2, 0.25) is 5.02 Å². The second-order valence-electron chi connectivity index (χ2n) is 6.43. The lowest BCUT2D eigenvalue weighted by Gasteiger charge is -2.02. The Bertz CT molecular complexity index is 1210. The van der Waals surface area contributed by atoms with E-state index >= 15 is 0 Å². The topological polar surface area (TPSA) is 121 Å². The van der Waals surface area contributed by atoms with Crippen LogP contribution >= 0.6 is 11.6 Å². The minimum absolute atomic E-state index is 0.106. The minimum atomic E-state index is -0.531. The van der Waals surface area contributed by atoms with Crippen molar-refractivity contribution in [3.8, 4) is 0 Å². The Hall–Kier alpha value is -3.92. The highest BCUT2D eigenvalue weighted by atomic mass is 35.5. The molecule has 4 aromatic rings. The molecule has 0 saturated carbocycles. The predicted octanol–water partition coefficient (Wildman–Crippen LogP) is 3.58. The Balaban J connectivity index is 1.37. The number of anilines is 1. The summed E-state index contributed by atoms with van der Waals surface area (Å²) in [5.41, 5.74) is 1.38. The van der Waals surface area contributed by atoms with Crippen molar-refractivity contribution in [1.82, 2.24) is 19.6 Å². The van der Waals surface area contributed by atoms with Gasteiger partial charge in [-0.15, -0.1) is 0 Å². The zero-order valence-corrected chi connectivity index (χ0v) is 16.2. The molecule has 0 spiro atoms. The third-order valence-electron chi connectivity index (χ3n) is 4.16. The number of nitrogens with zero attached hydrogens (tertiary/aromatic N) is 5. The first kappa shape index (κ1) is 19.4. The van der Waals surface area contributed by atoms with Crippen molar-refractivity contribution in [3.05, 3.63) is 93.4 Å². The number of benzene rings is 1. The second-order valence-corrected chi connectivity index (χ2v) is 6.87. The van der Waals surface area contributed by atoms with Crippen LogP contribution in [0, 0.1) is 10.1 Å². The first-order valence-electron chi connectivity index (χ1n) is 8.80. The van der Waals surface area contributed by atoms with E-state index in [1.54, 1.807) is 23.0 Å².